The molecule has 0 saturated heterocycles. The Morgan fingerprint density at radius 3 is 2.75 bits per heavy atom. The molecule has 0 bridgehead atoms. The maximum atomic E-state index is 10.3. The quantitative estimate of drug-likeness (QED) is 0.806. The van der Waals surface area contributed by atoms with E-state index in [0.29, 0.717) is 12.5 Å². The fourth-order valence-corrected chi connectivity index (χ4v) is 2.17. The second-order valence-corrected chi connectivity index (χ2v) is 5.59. The van der Waals surface area contributed by atoms with Gasteiger partial charge in [0.25, 0.3) is 0 Å². The fourth-order valence-electron chi connectivity index (χ4n) is 1.51. The summed E-state index contributed by atoms with van der Waals surface area (Å²) in [7, 11) is 0. The van der Waals surface area contributed by atoms with E-state index in [1.165, 1.54) is 4.88 Å². The predicted molar refractivity (Wildman–Crippen MR) is 68.6 cm³/mol. The van der Waals surface area contributed by atoms with Crippen LogP contribution in [0.25, 0.3) is 0 Å². The van der Waals surface area contributed by atoms with Crippen molar-refractivity contribution in [2.24, 2.45) is 5.92 Å². The molecule has 3 nitrogen and oxygen atoms in total. The highest BCUT2D eigenvalue weighted by molar-refractivity contribution is 7.09. The second kappa shape index (κ2) is 5.75. The van der Waals surface area contributed by atoms with Crippen molar-refractivity contribution in [2.45, 2.75) is 45.8 Å². The van der Waals surface area contributed by atoms with E-state index in [9.17, 15) is 5.11 Å². The first-order chi connectivity index (χ1) is 7.47. The third-order valence-corrected chi connectivity index (χ3v) is 4.28. The van der Waals surface area contributed by atoms with Crippen molar-refractivity contribution in [3.63, 3.8) is 0 Å². The minimum atomic E-state index is -0.645. The van der Waals surface area contributed by atoms with Crippen molar-refractivity contribution in [3.8, 4) is 0 Å². The van der Waals surface area contributed by atoms with E-state index in [1.54, 1.807) is 11.3 Å². The van der Waals surface area contributed by atoms with Crippen molar-refractivity contribution >= 4 is 11.3 Å². The fraction of sp³-hybridized carbons (Fsp3) is 0.750. The second-order valence-electron chi connectivity index (χ2n) is 4.67. The number of hydrogen-bond donors (Lipinski definition) is 2. The van der Waals surface area contributed by atoms with Gasteiger partial charge in [0.2, 0.25) is 0 Å². The number of nitrogens with zero attached hydrogens (tertiary/aromatic N) is 1. The number of thiazole rings is 1. The summed E-state index contributed by atoms with van der Waals surface area (Å²) >= 11 is 1.64. The van der Waals surface area contributed by atoms with Crippen LogP contribution >= 0.6 is 11.3 Å². The Hall–Kier alpha value is -0.450. The van der Waals surface area contributed by atoms with E-state index < -0.39 is 5.60 Å². The Morgan fingerprint density at radius 2 is 2.25 bits per heavy atom. The minimum absolute atomic E-state index is 0.253. The molecule has 0 aliphatic rings. The summed E-state index contributed by atoms with van der Waals surface area (Å²) in [5.74, 6) is 0.300. The van der Waals surface area contributed by atoms with Crippen LogP contribution in [0.1, 0.15) is 45.0 Å². The molecule has 1 aromatic heterocycles. The van der Waals surface area contributed by atoms with Crippen LogP contribution in [0.15, 0.2) is 11.7 Å². The first-order valence-corrected chi connectivity index (χ1v) is 6.69. The molecule has 1 heterocycles. The highest BCUT2D eigenvalue weighted by atomic mass is 32.1. The number of hydrogen-bond acceptors (Lipinski definition) is 4. The summed E-state index contributed by atoms with van der Waals surface area (Å²) in [5.41, 5.74) is 1.19. The third kappa shape index (κ3) is 3.54. The van der Waals surface area contributed by atoms with Gasteiger partial charge in [0, 0.05) is 23.7 Å². The molecule has 3 unspecified atom stereocenters. The molecular formula is C12H22N2OS. The van der Waals surface area contributed by atoms with Gasteiger partial charge in [-0.2, -0.15) is 0 Å². The van der Waals surface area contributed by atoms with Gasteiger partial charge in [0.1, 0.15) is 0 Å². The largest absolute Gasteiger partial charge is 0.389 e. The molecule has 2 N–H and O–H groups in total. The molecule has 4 heteroatoms. The summed E-state index contributed by atoms with van der Waals surface area (Å²) < 4.78 is 0. The van der Waals surface area contributed by atoms with Crippen LogP contribution < -0.4 is 5.32 Å². The van der Waals surface area contributed by atoms with Crippen molar-refractivity contribution in [3.05, 3.63) is 16.6 Å². The maximum absolute atomic E-state index is 10.3. The summed E-state index contributed by atoms with van der Waals surface area (Å²) in [4.78, 5) is 5.26. The molecule has 0 amide bonds. The average Bonchev–Trinajstić information content (AvgIpc) is 2.78. The lowest BCUT2D eigenvalue weighted by Crippen LogP contribution is -2.43. The monoisotopic (exact) mass is 242 g/mol. The van der Waals surface area contributed by atoms with Crippen LogP contribution in [0.4, 0.5) is 0 Å². The van der Waals surface area contributed by atoms with Crippen LogP contribution in [-0.2, 0) is 0 Å². The lowest BCUT2D eigenvalue weighted by molar-refractivity contribution is 0.00372. The summed E-state index contributed by atoms with van der Waals surface area (Å²) in [5, 5.41) is 13.6. The van der Waals surface area contributed by atoms with Crippen LogP contribution in [-0.4, -0.2) is 22.2 Å². The van der Waals surface area contributed by atoms with E-state index in [-0.39, 0.29) is 6.04 Å². The van der Waals surface area contributed by atoms with Gasteiger partial charge in [-0.05, 0) is 19.8 Å². The SMILES string of the molecule is CCC(C)C(C)(O)CNC(C)c1cncs1. The van der Waals surface area contributed by atoms with Crippen molar-refractivity contribution in [1.29, 1.82) is 0 Å². The van der Waals surface area contributed by atoms with Crippen molar-refractivity contribution in [2.75, 3.05) is 6.54 Å². The lowest BCUT2D eigenvalue weighted by Gasteiger charge is -2.31. The third-order valence-electron chi connectivity index (χ3n) is 3.32. The summed E-state index contributed by atoms with van der Waals surface area (Å²) in [6.07, 6.45) is 2.86. The molecule has 0 aliphatic heterocycles. The zero-order chi connectivity index (χ0) is 12.2. The lowest BCUT2D eigenvalue weighted by atomic mass is 9.88. The van der Waals surface area contributed by atoms with Gasteiger partial charge in [-0.15, -0.1) is 11.3 Å². The topological polar surface area (TPSA) is 45.1 Å². The molecule has 0 spiro atoms. The van der Waals surface area contributed by atoms with Crippen LogP contribution in [0.3, 0.4) is 0 Å². The van der Waals surface area contributed by atoms with E-state index in [0.717, 1.165) is 6.42 Å². The van der Waals surface area contributed by atoms with Crippen molar-refractivity contribution < 1.29 is 5.11 Å². The average molecular weight is 242 g/mol. The molecule has 0 aliphatic carbocycles. The number of aliphatic hydroxyl groups is 1. The standard InChI is InChI=1S/C12H22N2OS/c1-5-9(2)12(4,15)7-14-10(3)11-6-13-8-16-11/h6,8-10,14-15H,5,7H2,1-4H3. The van der Waals surface area contributed by atoms with Gasteiger partial charge < -0.3 is 10.4 Å². The Balaban J connectivity index is 2.45. The highest BCUT2D eigenvalue weighted by Crippen LogP contribution is 2.21. The smallest absolute Gasteiger partial charge is 0.0794 e. The van der Waals surface area contributed by atoms with E-state index in [1.807, 2.05) is 18.6 Å². The zero-order valence-corrected chi connectivity index (χ0v) is 11.3. The first kappa shape index (κ1) is 13.6. The van der Waals surface area contributed by atoms with Crippen molar-refractivity contribution in [1.82, 2.24) is 10.3 Å². The minimum Gasteiger partial charge on any atom is -0.389 e. The number of aromatic nitrogens is 1. The van der Waals surface area contributed by atoms with E-state index in [4.69, 9.17) is 0 Å². The van der Waals surface area contributed by atoms with Crippen LogP contribution in [0, 0.1) is 5.92 Å². The molecule has 0 fully saturated rings. The Morgan fingerprint density at radius 1 is 1.56 bits per heavy atom. The Labute approximate surface area is 102 Å². The molecule has 0 aromatic carbocycles. The Bertz CT molecular complexity index is 298. The molecule has 3 atom stereocenters. The van der Waals surface area contributed by atoms with E-state index >= 15 is 0 Å². The zero-order valence-electron chi connectivity index (χ0n) is 10.5. The van der Waals surface area contributed by atoms with Crippen LogP contribution in [0.5, 0.6) is 0 Å². The molecule has 0 saturated carbocycles. The summed E-state index contributed by atoms with van der Waals surface area (Å²) in [6.45, 7) is 8.79. The van der Waals surface area contributed by atoms with Gasteiger partial charge in [-0.3, -0.25) is 4.98 Å². The normalized spacial score (nSPS) is 19.1. The molecule has 16 heavy (non-hydrogen) atoms. The molecule has 1 rings (SSSR count). The predicted octanol–water partition coefficient (Wildman–Crippen LogP) is 2.59. The number of rotatable bonds is 6. The van der Waals surface area contributed by atoms with Gasteiger partial charge in [-0.1, -0.05) is 20.3 Å². The van der Waals surface area contributed by atoms with E-state index in [2.05, 4.69) is 31.1 Å². The van der Waals surface area contributed by atoms with Gasteiger partial charge in [0.05, 0.1) is 11.1 Å². The first-order valence-electron chi connectivity index (χ1n) is 5.81. The molecule has 1 aromatic rings. The molecular weight excluding hydrogens is 220 g/mol. The molecule has 0 radical (unpaired) electrons. The highest BCUT2D eigenvalue weighted by Gasteiger charge is 2.27. The van der Waals surface area contributed by atoms with Crippen LogP contribution in [0.2, 0.25) is 0 Å². The van der Waals surface area contributed by atoms with Gasteiger partial charge in [0.15, 0.2) is 0 Å². The molecule has 92 valence electrons. The Kier molecular flexibility index (Phi) is 4.89. The van der Waals surface area contributed by atoms with Gasteiger partial charge >= 0.3 is 0 Å². The maximum Gasteiger partial charge on any atom is 0.0794 e. The number of nitrogens with one attached hydrogen (secondary N) is 1. The summed E-state index contributed by atoms with van der Waals surface area (Å²) in [6, 6.07) is 0.253. The van der Waals surface area contributed by atoms with Gasteiger partial charge in [-0.25, -0.2) is 0 Å².